The Labute approximate surface area is 322 Å². The molecule has 3 aliphatic heterocycles. The number of cyclic esters (lactones) is 1. The topological polar surface area (TPSA) is 180 Å². The summed E-state index contributed by atoms with van der Waals surface area (Å²) in [6.07, 6.45) is -7.87. The zero-order valence-electron chi connectivity index (χ0n) is 35.1. The minimum Gasteiger partial charge on any atom is -0.462 e. The molecule has 0 spiro atoms. The summed E-state index contributed by atoms with van der Waals surface area (Å²) in [6.45, 7) is 19.1. The molecule has 0 saturated carbocycles. The van der Waals surface area contributed by atoms with E-state index in [2.05, 4.69) is 0 Å². The number of esters is 2. The highest BCUT2D eigenvalue weighted by Crippen LogP contribution is 2.40. The summed E-state index contributed by atoms with van der Waals surface area (Å²) in [5, 5.41) is 34.9. The van der Waals surface area contributed by atoms with Crippen LogP contribution in [0.2, 0.25) is 0 Å². The predicted molar refractivity (Wildman–Crippen MR) is 199 cm³/mol. The number of Topliss-reactive ketones (excluding diaryl/α,β-unsaturated/α-hetero) is 1. The van der Waals surface area contributed by atoms with Gasteiger partial charge in [-0.05, 0) is 68.0 Å². The summed E-state index contributed by atoms with van der Waals surface area (Å²) in [6, 6.07) is -0.292. The Hall–Kier alpha value is -1.75. The first-order valence-electron chi connectivity index (χ1n) is 19.9. The number of aliphatic hydroxyl groups excluding tert-OH is 2. The van der Waals surface area contributed by atoms with Gasteiger partial charge in [-0.15, -0.1) is 0 Å². The van der Waals surface area contributed by atoms with E-state index < -0.39 is 108 Å². The minimum absolute atomic E-state index is 0.0707. The Kier molecular flexibility index (Phi) is 16.5. The van der Waals surface area contributed by atoms with Gasteiger partial charge in [-0.2, -0.15) is 0 Å². The first-order chi connectivity index (χ1) is 25.0. The SMILES string of the molecule is CCC(=O)O[C@H]1[C@H](O[C@@H]2[C@@H](C)C(O[C@H]3C[C@@](C)(OC)[C@@H](O)[C@H](C)O3)[C@@H](C)C(=O)OC(CC)[C@H](C)[C@H](O)[C@@H](C)C(=O)[C@H](C)C[C@@]2(C)O)O[C@H](C)C[C@@H]1N(C)C. The summed E-state index contributed by atoms with van der Waals surface area (Å²) < 4.78 is 43.9. The van der Waals surface area contributed by atoms with Crippen molar-refractivity contribution in [2.75, 3.05) is 21.2 Å². The van der Waals surface area contributed by atoms with Crippen LogP contribution in [0.1, 0.15) is 108 Å². The molecule has 0 amide bonds. The zero-order valence-corrected chi connectivity index (χ0v) is 35.1. The van der Waals surface area contributed by atoms with E-state index in [1.807, 2.05) is 32.8 Å². The number of aliphatic hydroxyl groups is 3. The highest BCUT2D eigenvalue weighted by molar-refractivity contribution is 5.83. The number of ketones is 1. The summed E-state index contributed by atoms with van der Waals surface area (Å²) in [7, 11) is 5.27. The summed E-state index contributed by atoms with van der Waals surface area (Å²) in [5.74, 6) is -5.19. The van der Waals surface area contributed by atoms with Crippen LogP contribution in [-0.2, 0) is 47.5 Å². The van der Waals surface area contributed by atoms with Crippen molar-refractivity contribution in [3.05, 3.63) is 0 Å². The number of hydrogen-bond acceptors (Lipinski definition) is 14. The Morgan fingerprint density at radius 3 is 2.09 bits per heavy atom. The monoisotopic (exact) mass is 773 g/mol. The molecule has 0 aromatic carbocycles. The maximum atomic E-state index is 14.2. The Balaban J connectivity index is 2.22. The van der Waals surface area contributed by atoms with E-state index in [1.165, 1.54) is 7.11 Å². The summed E-state index contributed by atoms with van der Waals surface area (Å²) in [4.78, 5) is 42.8. The molecule has 0 aromatic rings. The maximum Gasteiger partial charge on any atom is 0.311 e. The Morgan fingerprint density at radius 1 is 0.907 bits per heavy atom. The molecular formula is C40H71NO13. The van der Waals surface area contributed by atoms with Gasteiger partial charge in [0.15, 0.2) is 18.7 Å². The lowest BCUT2D eigenvalue weighted by Gasteiger charge is -2.49. The molecule has 3 saturated heterocycles. The van der Waals surface area contributed by atoms with Gasteiger partial charge in [0.1, 0.15) is 18.0 Å². The highest BCUT2D eigenvalue weighted by Gasteiger charge is 2.53. The second kappa shape index (κ2) is 19.1. The molecule has 3 aliphatic rings. The van der Waals surface area contributed by atoms with Crippen LogP contribution >= 0.6 is 0 Å². The van der Waals surface area contributed by atoms with E-state index in [0.717, 1.165) is 0 Å². The molecule has 14 heteroatoms. The van der Waals surface area contributed by atoms with E-state index in [9.17, 15) is 29.7 Å². The first kappa shape index (κ1) is 46.6. The molecule has 0 radical (unpaired) electrons. The van der Waals surface area contributed by atoms with Crippen molar-refractivity contribution in [2.45, 2.75) is 187 Å². The van der Waals surface area contributed by atoms with Gasteiger partial charge < -0.3 is 53.4 Å². The average molecular weight is 774 g/mol. The molecule has 2 unspecified atom stereocenters. The Bertz CT molecular complexity index is 1250. The number of nitrogens with zero attached hydrogens (tertiary/aromatic N) is 1. The number of hydrogen-bond donors (Lipinski definition) is 3. The van der Waals surface area contributed by atoms with E-state index in [4.69, 9.17) is 33.2 Å². The van der Waals surface area contributed by atoms with Crippen molar-refractivity contribution in [1.29, 1.82) is 0 Å². The first-order valence-corrected chi connectivity index (χ1v) is 19.9. The number of carbonyl (C=O) groups excluding carboxylic acids is 3. The van der Waals surface area contributed by atoms with Crippen LogP contribution in [-0.4, -0.2) is 138 Å². The van der Waals surface area contributed by atoms with Gasteiger partial charge >= 0.3 is 11.9 Å². The lowest BCUT2D eigenvalue weighted by Crippen LogP contribution is -2.61. The van der Waals surface area contributed by atoms with Gasteiger partial charge in [-0.1, -0.05) is 41.5 Å². The van der Waals surface area contributed by atoms with Crippen molar-refractivity contribution >= 4 is 17.7 Å². The van der Waals surface area contributed by atoms with Crippen LogP contribution in [0.25, 0.3) is 0 Å². The lowest BCUT2D eigenvalue weighted by atomic mass is 9.74. The molecule has 0 bridgehead atoms. The quantitative estimate of drug-likeness (QED) is 0.289. The normalized spacial score (nSPS) is 46.1. The van der Waals surface area contributed by atoms with Crippen LogP contribution < -0.4 is 0 Å². The molecule has 3 heterocycles. The van der Waals surface area contributed by atoms with Crippen LogP contribution in [0, 0.1) is 29.6 Å². The number of methoxy groups -OCH3 is 1. The largest absolute Gasteiger partial charge is 0.462 e. The molecule has 14 nitrogen and oxygen atoms in total. The molecule has 3 fully saturated rings. The molecule has 3 N–H and O–H groups in total. The van der Waals surface area contributed by atoms with Gasteiger partial charge in [-0.3, -0.25) is 14.4 Å². The van der Waals surface area contributed by atoms with Gasteiger partial charge in [0.05, 0.1) is 53.7 Å². The predicted octanol–water partition coefficient (Wildman–Crippen LogP) is 3.63. The second-order valence-corrected chi connectivity index (χ2v) is 17.0. The van der Waals surface area contributed by atoms with Gasteiger partial charge in [0.25, 0.3) is 0 Å². The number of rotatable bonds is 9. The minimum atomic E-state index is -1.76. The molecular weight excluding hydrogens is 702 g/mol. The van der Waals surface area contributed by atoms with Crippen molar-refractivity contribution in [2.24, 2.45) is 29.6 Å². The Morgan fingerprint density at radius 2 is 1.54 bits per heavy atom. The fraction of sp³-hybridized carbons (Fsp3) is 0.925. The zero-order chi connectivity index (χ0) is 41.0. The molecule has 0 aromatic heterocycles. The number of carbonyl (C=O) groups is 3. The van der Waals surface area contributed by atoms with Crippen molar-refractivity contribution in [1.82, 2.24) is 4.90 Å². The lowest BCUT2D eigenvalue weighted by molar-refractivity contribution is -0.318. The molecule has 54 heavy (non-hydrogen) atoms. The molecule has 0 aliphatic carbocycles. The molecule has 3 rings (SSSR count). The molecule has 18 atom stereocenters. The smallest absolute Gasteiger partial charge is 0.311 e. The maximum absolute atomic E-state index is 14.2. The second-order valence-electron chi connectivity index (χ2n) is 17.0. The van der Waals surface area contributed by atoms with E-state index >= 15 is 0 Å². The average Bonchev–Trinajstić information content (AvgIpc) is 3.11. The van der Waals surface area contributed by atoms with E-state index in [0.29, 0.717) is 12.8 Å². The van der Waals surface area contributed by atoms with Gasteiger partial charge in [0, 0.05) is 43.6 Å². The van der Waals surface area contributed by atoms with E-state index in [1.54, 1.807) is 62.3 Å². The van der Waals surface area contributed by atoms with E-state index in [-0.39, 0.29) is 37.2 Å². The molecule has 314 valence electrons. The highest BCUT2D eigenvalue weighted by atomic mass is 16.7. The van der Waals surface area contributed by atoms with Crippen LogP contribution in [0.5, 0.6) is 0 Å². The summed E-state index contributed by atoms with van der Waals surface area (Å²) in [5.41, 5.74) is -2.80. The standard InChI is InChI=1S/C40H71NO13/c1-15-28-22(5)32(44)23(6)31(43)20(3)18-39(10,47)36(54-38-34(52-29(42)16-2)27(41(12)13)17-21(4)49-38)24(7)33(25(8)37(46)51-28)53-30-19-40(11,48-14)35(45)26(9)50-30/h20-28,30,32-36,38,44-45,47H,15-19H2,1-14H3/t20-,21-,22+,23+,24+,25-,26+,27+,28?,30+,32+,33?,34-,35+,36-,38+,39-,40-/m1/s1. The fourth-order valence-electron chi connectivity index (χ4n) is 8.70. The van der Waals surface area contributed by atoms with Crippen molar-refractivity contribution < 1.29 is 62.9 Å². The summed E-state index contributed by atoms with van der Waals surface area (Å²) >= 11 is 0. The van der Waals surface area contributed by atoms with Crippen molar-refractivity contribution in [3.63, 3.8) is 0 Å². The van der Waals surface area contributed by atoms with Crippen LogP contribution in [0.3, 0.4) is 0 Å². The van der Waals surface area contributed by atoms with Gasteiger partial charge in [0.2, 0.25) is 0 Å². The number of ether oxygens (including phenoxy) is 7. The van der Waals surface area contributed by atoms with Crippen LogP contribution in [0.15, 0.2) is 0 Å². The van der Waals surface area contributed by atoms with Crippen LogP contribution in [0.4, 0.5) is 0 Å². The fourth-order valence-corrected chi connectivity index (χ4v) is 8.70. The van der Waals surface area contributed by atoms with Gasteiger partial charge in [-0.25, -0.2) is 0 Å². The third-order valence-electron chi connectivity index (χ3n) is 12.3. The third kappa shape index (κ3) is 10.6. The third-order valence-corrected chi connectivity index (χ3v) is 12.3. The van der Waals surface area contributed by atoms with Crippen molar-refractivity contribution in [3.8, 4) is 0 Å². The number of likely N-dealkylation sites (N-methyl/N-ethyl adjacent to an activating group) is 1.